The maximum atomic E-state index is 13.1. The Morgan fingerprint density at radius 3 is 2.81 bits per heavy atom. The predicted octanol–water partition coefficient (Wildman–Crippen LogP) is 1.91. The smallest absolute Gasteiger partial charge is 0.356 e. The summed E-state index contributed by atoms with van der Waals surface area (Å²) in [7, 11) is 0. The maximum Gasteiger partial charge on any atom is 0.356 e. The van der Waals surface area contributed by atoms with Crippen LogP contribution in [0.15, 0.2) is 35.2 Å². The van der Waals surface area contributed by atoms with Crippen molar-refractivity contribution in [3.05, 3.63) is 52.3 Å². The molecule has 6 nitrogen and oxygen atoms in total. The SMILES string of the molecule is O=C(NCCn1cnc(C(=O)O)c1)c1ccc(F)c(Br)c1. The van der Waals surface area contributed by atoms with Crippen molar-refractivity contribution < 1.29 is 19.1 Å². The number of carboxylic acids is 1. The van der Waals surface area contributed by atoms with Crippen molar-refractivity contribution in [2.45, 2.75) is 6.54 Å². The van der Waals surface area contributed by atoms with E-state index in [-0.39, 0.29) is 16.1 Å². The lowest BCUT2D eigenvalue weighted by Crippen LogP contribution is -2.27. The van der Waals surface area contributed by atoms with E-state index in [2.05, 4.69) is 26.2 Å². The molecular weight excluding hydrogens is 345 g/mol. The number of halogens is 2. The molecule has 2 rings (SSSR count). The Morgan fingerprint density at radius 2 is 2.19 bits per heavy atom. The molecule has 0 spiro atoms. The van der Waals surface area contributed by atoms with Crippen LogP contribution in [0.4, 0.5) is 4.39 Å². The molecule has 2 aromatic rings. The normalized spacial score (nSPS) is 10.4. The number of benzene rings is 1. The van der Waals surface area contributed by atoms with Crippen LogP contribution in [0.3, 0.4) is 0 Å². The van der Waals surface area contributed by atoms with Gasteiger partial charge in [-0.3, -0.25) is 4.79 Å². The molecule has 0 aliphatic carbocycles. The highest BCUT2D eigenvalue weighted by molar-refractivity contribution is 9.10. The zero-order chi connectivity index (χ0) is 15.4. The van der Waals surface area contributed by atoms with Gasteiger partial charge in [0.25, 0.3) is 5.91 Å². The molecule has 0 aliphatic rings. The topological polar surface area (TPSA) is 84.2 Å². The van der Waals surface area contributed by atoms with E-state index in [0.29, 0.717) is 18.7 Å². The summed E-state index contributed by atoms with van der Waals surface area (Å²) >= 11 is 3.01. The summed E-state index contributed by atoms with van der Waals surface area (Å²) < 4.78 is 14.8. The van der Waals surface area contributed by atoms with Crippen LogP contribution in [-0.4, -0.2) is 33.1 Å². The van der Waals surface area contributed by atoms with Crippen molar-refractivity contribution in [1.82, 2.24) is 14.9 Å². The highest BCUT2D eigenvalue weighted by atomic mass is 79.9. The Morgan fingerprint density at radius 1 is 1.43 bits per heavy atom. The monoisotopic (exact) mass is 355 g/mol. The number of aromatic carboxylic acids is 1. The van der Waals surface area contributed by atoms with Gasteiger partial charge < -0.3 is 15.0 Å². The van der Waals surface area contributed by atoms with Gasteiger partial charge in [0, 0.05) is 24.8 Å². The number of carboxylic acid groups (broad SMARTS) is 1. The van der Waals surface area contributed by atoms with Gasteiger partial charge in [-0.1, -0.05) is 0 Å². The van der Waals surface area contributed by atoms with E-state index >= 15 is 0 Å². The van der Waals surface area contributed by atoms with E-state index in [1.54, 1.807) is 4.57 Å². The summed E-state index contributed by atoms with van der Waals surface area (Å²) in [5.74, 6) is -1.88. The van der Waals surface area contributed by atoms with Crippen LogP contribution in [0.25, 0.3) is 0 Å². The lowest BCUT2D eigenvalue weighted by molar-refractivity contribution is 0.0690. The van der Waals surface area contributed by atoms with Crippen molar-refractivity contribution in [1.29, 1.82) is 0 Å². The molecule has 2 N–H and O–H groups in total. The molecule has 110 valence electrons. The number of nitrogens with zero attached hydrogens (tertiary/aromatic N) is 2. The van der Waals surface area contributed by atoms with Gasteiger partial charge in [-0.25, -0.2) is 14.2 Å². The lowest BCUT2D eigenvalue weighted by Gasteiger charge is -2.06. The highest BCUT2D eigenvalue weighted by Crippen LogP contribution is 2.16. The molecule has 0 fully saturated rings. The molecule has 1 aromatic carbocycles. The molecule has 1 amide bonds. The van der Waals surface area contributed by atoms with Gasteiger partial charge in [0.05, 0.1) is 10.8 Å². The van der Waals surface area contributed by atoms with Gasteiger partial charge in [-0.2, -0.15) is 0 Å². The fourth-order valence-electron chi connectivity index (χ4n) is 1.63. The number of imidazole rings is 1. The standard InChI is InChI=1S/C13H11BrFN3O3/c14-9-5-8(1-2-10(9)15)12(19)16-3-4-18-6-11(13(20)21)17-7-18/h1-2,5-7H,3-4H2,(H,16,19)(H,20,21). The van der Waals surface area contributed by atoms with Crippen molar-refractivity contribution in [3.8, 4) is 0 Å². The summed E-state index contributed by atoms with van der Waals surface area (Å²) in [5.41, 5.74) is 0.281. The average molecular weight is 356 g/mol. The first-order chi connectivity index (χ1) is 9.97. The molecule has 0 saturated heterocycles. The zero-order valence-corrected chi connectivity index (χ0v) is 12.3. The molecule has 0 unspecified atom stereocenters. The number of rotatable bonds is 5. The van der Waals surface area contributed by atoms with Crippen LogP contribution in [0, 0.1) is 5.82 Å². The third kappa shape index (κ3) is 3.88. The lowest BCUT2D eigenvalue weighted by atomic mass is 10.2. The van der Waals surface area contributed by atoms with E-state index < -0.39 is 11.8 Å². The second-order valence-corrected chi connectivity index (χ2v) is 5.04. The van der Waals surface area contributed by atoms with Gasteiger partial charge in [-0.15, -0.1) is 0 Å². The first-order valence-corrected chi connectivity index (χ1v) is 6.75. The Bertz CT molecular complexity index is 687. The molecular formula is C13H11BrFN3O3. The number of hydrogen-bond acceptors (Lipinski definition) is 3. The van der Waals surface area contributed by atoms with Crippen LogP contribution in [0.1, 0.15) is 20.8 Å². The number of amides is 1. The third-order valence-corrected chi connectivity index (χ3v) is 3.30. The minimum atomic E-state index is -1.10. The van der Waals surface area contributed by atoms with Crippen molar-refractivity contribution >= 4 is 27.8 Å². The molecule has 0 atom stereocenters. The summed E-state index contributed by atoms with van der Waals surface area (Å²) in [5, 5.41) is 11.4. The quantitative estimate of drug-likeness (QED) is 0.857. The van der Waals surface area contributed by atoms with Crippen LogP contribution in [-0.2, 0) is 6.54 Å². The molecule has 0 saturated carbocycles. The van der Waals surface area contributed by atoms with Crippen LogP contribution in [0.5, 0.6) is 0 Å². The predicted molar refractivity (Wildman–Crippen MR) is 75.6 cm³/mol. The van der Waals surface area contributed by atoms with Crippen molar-refractivity contribution in [3.63, 3.8) is 0 Å². The second-order valence-electron chi connectivity index (χ2n) is 4.19. The van der Waals surface area contributed by atoms with Crippen molar-refractivity contribution in [2.75, 3.05) is 6.54 Å². The number of nitrogens with one attached hydrogen (secondary N) is 1. The summed E-state index contributed by atoms with van der Waals surface area (Å²) in [6.45, 7) is 0.678. The van der Waals surface area contributed by atoms with Gasteiger partial charge in [0.15, 0.2) is 5.69 Å². The van der Waals surface area contributed by atoms with Gasteiger partial charge >= 0.3 is 5.97 Å². The number of hydrogen-bond donors (Lipinski definition) is 2. The van der Waals surface area contributed by atoms with E-state index in [1.807, 2.05) is 0 Å². The van der Waals surface area contributed by atoms with E-state index in [4.69, 9.17) is 5.11 Å². The van der Waals surface area contributed by atoms with Crippen LogP contribution >= 0.6 is 15.9 Å². The maximum absolute atomic E-state index is 13.1. The fourth-order valence-corrected chi connectivity index (χ4v) is 2.01. The van der Waals surface area contributed by atoms with Crippen LogP contribution < -0.4 is 5.32 Å². The first kappa shape index (κ1) is 15.2. The Balaban J connectivity index is 1.88. The number of carbonyl (C=O) groups excluding carboxylic acids is 1. The molecule has 21 heavy (non-hydrogen) atoms. The van der Waals surface area contributed by atoms with E-state index in [1.165, 1.54) is 30.7 Å². The van der Waals surface area contributed by atoms with Crippen molar-refractivity contribution in [2.24, 2.45) is 0 Å². The number of aromatic nitrogens is 2. The second kappa shape index (κ2) is 6.49. The molecule has 8 heteroatoms. The van der Waals surface area contributed by atoms with E-state index in [0.717, 1.165) is 0 Å². The molecule has 0 bridgehead atoms. The summed E-state index contributed by atoms with van der Waals surface area (Å²) in [4.78, 5) is 26.2. The average Bonchev–Trinajstić information content (AvgIpc) is 2.91. The summed E-state index contributed by atoms with van der Waals surface area (Å²) in [6.07, 6.45) is 2.76. The van der Waals surface area contributed by atoms with Crippen LogP contribution in [0.2, 0.25) is 0 Å². The molecule has 0 radical (unpaired) electrons. The minimum absolute atomic E-state index is 0.0520. The Hall–Kier alpha value is -2.22. The summed E-state index contributed by atoms with van der Waals surface area (Å²) in [6, 6.07) is 3.98. The number of carbonyl (C=O) groups is 2. The van der Waals surface area contributed by atoms with Gasteiger partial charge in [0.2, 0.25) is 0 Å². The first-order valence-electron chi connectivity index (χ1n) is 5.95. The fraction of sp³-hybridized carbons (Fsp3) is 0.154. The molecule has 0 aliphatic heterocycles. The molecule has 1 heterocycles. The van der Waals surface area contributed by atoms with Gasteiger partial charge in [0.1, 0.15) is 5.82 Å². The Labute approximate surface area is 127 Å². The largest absolute Gasteiger partial charge is 0.476 e. The minimum Gasteiger partial charge on any atom is -0.476 e. The third-order valence-electron chi connectivity index (χ3n) is 2.69. The molecule has 1 aromatic heterocycles. The zero-order valence-electron chi connectivity index (χ0n) is 10.7. The highest BCUT2D eigenvalue weighted by Gasteiger charge is 2.09. The van der Waals surface area contributed by atoms with E-state index in [9.17, 15) is 14.0 Å². The van der Waals surface area contributed by atoms with Gasteiger partial charge in [-0.05, 0) is 34.1 Å². The Kier molecular flexibility index (Phi) is 4.69.